The lowest BCUT2D eigenvalue weighted by atomic mass is 10.5. The van der Waals surface area contributed by atoms with Crippen molar-refractivity contribution in [3.8, 4) is 0 Å². The normalized spacial score (nSPS) is 7.33. The smallest absolute Gasteiger partial charge is 0.247 e. The molecule has 1 heterocycles. The zero-order valence-electron chi connectivity index (χ0n) is 5.29. The summed E-state index contributed by atoms with van der Waals surface area (Å²) in [4.78, 5) is 12.7. The number of nitrogens with two attached hydrogens (primary N) is 1. The van der Waals surface area contributed by atoms with Crippen LogP contribution in [0.4, 0.5) is 0 Å². The second-order valence-corrected chi connectivity index (χ2v) is 1.23. The standard InChI is InChI=1S/C5H5NO.CH5N/c7-5-3-1-2-4-6-5;1-2/h1-4H,(H,6,7);2H2,1H3. The second kappa shape index (κ2) is 5.05. The van der Waals surface area contributed by atoms with Crippen molar-refractivity contribution in [3.05, 3.63) is 34.7 Å². The van der Waals surface area contributed by atoms with Crippen LogP contribution in [0.5, 0.6) is 0 Å². The Hall–Kier alpha value is -1.09. The molecule has 0 aliphatic carbocycles. The van der Waals surface area contributed by atoms with Gasteiger partial charge in [-0.25, -0.2) is 0 Å². The molecule has 0 radical (unpaired) electrons. The van der Waals surface area contributed by atoms with Crippen LogP contribution in [0, 0.1) is 0 Å². The zero-order chi connectivity index (χ0) is 7.11. The van der Waals surface area contributed by atoms with E-state index in [1.807, 2.05) is 0 Å². The summed E-state index contributed by atoms with van der Waals surface area (Å²) >= 11 is 0. The van der Waals surface area contributed by atoms with E-state index in [4.69, 9.17) is 0 Å². The molecule has 0 unspecified atom stereocenters. The highest BCUT2D eigenvalue weighted by Gasteiger charge is 1.69. The highest BCUT2D eigenvalue weighted by atomic mass is 16.1. The van der Waals surface area contributed by atoms with E-state index in [9.17, 15) is 4.79 Å². The first kappa shape index (κ1) is 7.91. The number of H-pyrrole nitrogens is 1. The summed E-state index contributed by atoms with van der Waals surface area (Å²) in [7, 11) is 1.50. The molecule has 0 amide bonds. The minimum absolute atomic E-state index is 0.0532. The van der Waals surface area contributed by atoms with Crippen LogP contribution in [0.15, 0.2) is 29.2 Å². The highest BCUT2D eigenvalue weighted by Crippen LogP contribution is 1.67. The Kier molecular flexibility index (Phi) is 4.44. The first-order valence-corrected chi connectivity index (χ1v) is 2.61. The van der Waals surface area contributed by atoms with Crippen molar-refractivity contribution in [2.24, 2.45) is 5.73 Å². The summed E-state index contributed by atoms with van der Waals surface area (Å²) in [5.74, 6) is 0. The maximum atomic E-state index is 10.2. The van der Waals surface area contributed by atoms with E-state index in [-0.39, 0.29) is 5.56 Å². The second-order valence-electron chi connectivity index (χ2n) is 1.23. The molecule has 0 fully saturated rings. The van der Waals surface area contributed by atoms with Crippen LogP contribution in [-0.4, -0.2) is 12.0 Å². The van der Waals surface area contributed by atoms with Gasteiger partial charge in [0.05, 0.1) is 0 Å². The average Bonchev–Trinajstić information content (AvgIpc) is 1.94. The monoisotopic (exact) mass is 126 g/mol. The third-order valence-electron chi connectivity index (χ3n) is 0.681. The fourth-order valence-corrected chi connectivity index (χ4v) is 0.377. The largest absolute Gasteiger partial charge is 0.333 e. The number of aromatic amines is 1. The number of aromatic nitrogens is 1. The molecule has 0 saturated heterocycles. The maximum Gasteiger partial charge on any atom is 0.247 e. The van der Waals surface area contributed by atoms with Gasteiger partial charge in [-0.2, -0.15) is 0 Å². The average molecular weight is 126 g/mol. The minimum Gasteiger partial charge on any atom is -0.333 e. The summed E-state index contributed by atoms with van der Waals surface area (Å²) in [6, 6.07) is 4.93. The molecule has 3 heteroatoms. The van der Waals surface area contributed by atoms with Gasteiger partial charge in [-0.3, -0.25) is 4.79 Å². The summed E-state index contributed by atoms with van der Waals surface area (Å²) in [5.41, 5.74) is 4.45. The van der Waals surface area contributed by atoms with Crippen molar-refractivity contribution in [3.63, 3.8) is 0 Å². The van der Waals surface area contributed by atoms with Crippen LogP contribution in [0.3, 0.4) is 0 Å². The number of rotatable bonds is 0. The molecule has 0 spiro atoms. The molecule has 3 nitrogen and oxygen atoms in total. The molecule has 0 saturated carbocycles. The van der Waals surface area contributed by atoms with Gasteiger partial charge in [0.2, 0.25) is 5.56 Å². The first-order chi connectivity index (χ1) is 4.39. The number of nitrogens with one attached hydrogen (secondary N) is 1. The van der Waals surface area contributed by atoms with E-state index < -0.39 is 0 Å². The fourth-order valence-electron chi connectivity index (χ4n) is 0.377. The van der Waals surface area contributed by atoms with Crippen molar-refractivity contribution in [1.29, 1.82) is 0 Å². The maximum absolute atomic E-state index is 10.2. The molecule has 0 atom stereocenters. The van der Waals surface area contributed by atoms with Crippen LogP contribution in [0.1, 0.15) is 0 Å². The Labute approximate surface area is 53.5 Å². The number of hydrogen-bond donors (Lipinski definition) is 2. The SMILES string of the molecule is CN.O=c1cccc[nH]1. The molecule has 0 aliphatic rings. The van der Waals surface area contributed by atoms with Gasteiger partial charge >= 0.3 is 0 Å². The van der Waals surface area contributed by atoms with Gasteiger partial charge in [0.1, 0.15) is 0 Å². The summed E-state index contributed by atoms with van der Waals surface area (Å²) in [5, 5.41) is 0. The molecule has 9 heavy (non-hydrogen) atoms. The predicted molar refractivity (Wildman–Crippen MR) is 37.2 cm³/mol. The van der Waals surface area contributed by atoms with Crippen LogP contribution >= 0.6 is 0 Å². The fraction of sp³-hybridized carbons (Fsp3) is 0.167. The molecule has 0 aromatic carbocycles. The lowest BCUT2D eigenvalue weighted by Crippen LogP contribution is -1.98. The van der Waals surface area contributed by atoms with Gasteiger partial charge in [0.15, 0.2) is 0 Å². The summed E-state index contributed by atoms with van der Waals surface area (Å²) in [6.45, 7) is 0. The molecule has 0 aliphatic heterocycles. The number of pyridine rings is 1. The lowest BCUT2D eigenvalue weighted by molar-refractivity contribution is 1.24. The Morgan fingerprint density at radius 2 is 2.11 bits per heavy atom. The van der Waals surface area contributed by atoms with Crippen molar-refractivity contribution in [2.45, 2.75) is 0 Å². The van der Waals surface area contributed by atoms with E-state index in [1.165, 1.54) is 13.1 Å². The van der Waals surface area contributed by atoms with Gasteiger partial charge in [0, 0.05) is 12.3 Å². The Balaban J connectivity index is 0.000000291. The molecule has 0 bridgehead atoms. The van der Waals surface area contributed by atoms with E-state index in [0.717, 1.165) is 0 Å². The predicted octanol–water partition coefficient (Wildman–Crippen LogP) is -0.0502. The lowest BCUT2D eigenvalue weighted by Gasteiger charge is -1.73. The van der Waals surface area contributed by atoms with Gasteiger partial charge in [-0.05, 0) is 13.1 Å². The molecular formula is C6H10N2O. The van der Waals surface area contributed by atoms with Gasteiger partial charge < -0.3 is 10.7 Å². The third-order valence-corrected chi connectivity index (χ3v) is 0.681. The van der Waals surface area contributed by atoms with E-state index in [2.05, 4.69) is 10.7 Å². The molecule has 1 rings (SSSR count). The molecule has 1 aromatic rings. The molecule has 50 valence electrons. The quantitative estimate of drug-likeness (QED) is 0.512. The van der Waals surface area contributed by atoms with E-state index in [0.29, 0.717) is 0 Å². The third kappa shape index (κ3) is 3.49. The van der Waals surface area contributed by atoms with Crippen molar-refractivity contribution < 1.29 is 0 Å². The van der Waals surface area contributed by atoms with Gasteiger partial charge in [-0.1, -0.05) is 6.07 Å². The summed E-state index contributed by atoms with van der Waals surface area (Å²) in [6.07, 6.45) is 1.60. The first-order valence-electron chi connectivity index (χ1n) is 2.61. The minimum atomic E-state index is -0.0532. The summed E-state index contributed by atoms with van der Waals surface area (Å²) < 4.78 is 0. The van der Waals surface area contributed by atoms with Crippen molar-refractivity contribution in [1.82, 2.24) is 4.98 Å². The van der Waals surface area contributed by atoms with E-state index >= 15 is 0 Å². The highest BCUT2D eigenvalue weighted by molar-refractivity contribution is 4.89. The van der Waals surface area contributed by atoms with Crippen LogP contribution < -0.4 is 11.3 Å². The zero-order valence-corrected chi connectivity index (χ0v) is 5.29. The van der Waals surface area contributed by atoms with Crippen LogP contribution in [0.25, 0.3) is 0 Å². The number of hydrogen-bond acceptors (Lipinski definition) is 2. The van der Waals surface area contributed by atoms with Gasteiger partial charge in [-0.15, -0.1) is 0 Å². The van der Waals surface area contributed by atoms with Crippen LogP contribution in [0.2, 0.25) is 0 Å². The molecule has 1 aromatic heterocycles. The van der Waals surface area contributed by atoms with Crippen molar-refractivity contribution in [2.75, 3.05) is 7.05 Å². The Bertz CT molecular complexity index is 177. The molecule has 3 N–H and O–H groups in total. The van der Waals surface area contributed by atoms with Gasteiger partial charge in [0.25, 0.3) is 0 Å². The Morgan fingerprint density at radius 1 is 1.44 bits per heavy atom. The topological polar surface area (TPSA) is 58.9 Å². The van der Waals surface area contributed by atoms with Crippen molar-refractivity contribution >= 4 is 0 Å². The van der Waals surface area contributed by atoms with Crippen LogP contribution in [-0.2, 0) is 0 Å². The van der Waals surface area contributed by atoms with E-state index in [1.54, 1.807) is 18.3 Å². The molecular weight excluding hydrogens is 116 g/mol. The Morgan fingerprint density at radius 3 is 2.33 bits per heavy atom.